The third-order valence-corrected chi connectivity index (χ3v) is 4.70. The lowest BCUT2D eigenvalue weighted by Gasteiger charge is -2.36. The van der Waals surface area contributed by atoms with Crippen molar-refractivity contribution in [2.24, 2.45) is 0 Å². The zero-order valence-electron chi connectivity index (χ0n) is 14.5. The Hall–Kier alpha value is -2.36. The maximum atomic E-state index is 12.6. The lowest BCUT2D eigenvalue weighted by Crippen LogP contribution is -2.49. The lowest BCUT2D eigenvalue weighted by molar-refractivity contribution is -0.131. The van der Waals surface area contributed by atoms with Gasteiger partial charge in [0.2, 0.25) is 5.91 Å². The average Bonchev–Trinajstić information content (AvgIpc) is 2.63. The van der Waals surface area contributed by atoms with Gasteiger partial charge in [-0.3, -0.25) is 4.79 Å². The quantitative estimate of drug-likeness (QED) is 0.867. The van der Waals surface area contributed by atoms with Crippen molar-refractivity contribution in [1.29, 1.82) is 0 Å². The normalized spacial score (nSPS) is 16.1. The summed E-state index contributed by atoms with van der Waals surface area (Å²) in [5.74, 6) is 1.52. The minimum atomic E-state index is 0.253. The van der Waals surface area contributed by atoms with Crippen molar-refractivity contribution in [3.05, 3.63) is 59.8 Å². The van der Waals surface area contributed by atoms with Gasteiger partial charge >= 0.3 is 0 Å². The van der Waals surface area contributed by atoms with Crippen LogP contribution < -0.4 is 4.90 Å². The van der Waals surface area contributed by atoms with Gasteiger partial charge in [-0.05, 0) is 30.0 Å². The van der Waals surface area contributed by atoms with Gasteiger partial charge in [-0.1, -0.05) is 43.3 Å². The third-order valence-electron chi connectivity index (χ3n) is 4.70. The minimum absolute atomic E-state index is 0.253. The fourth-order valence-corrected chi connectivity index (χ4v) is 3.12. The summed E-state index contributed by atoms with van der Waals surface area (Å²) >= 11 is 0. The Kier molecular flexibility index (Phi) is 5.14. The Bertz CT molecular complexity index is 661. The first-order valence-electron chi connectivity index (χ1n) is 8.64. The Morgan fingerprint density at radius 3 is 2.42 bits per heavy atom. The van der Waals surface area contributed by atoms with Gasteiger partial charge < -0.3 is 9.80 Å². The van der Waals surface area contributed by atoms with Crippen molar-refractivity contribution < 1.29 is 4.79 Å². The van der Waals surface area contributed by atoms with Crippen LogP contribution in [0.15, 0.2) is 48.7 Å². The number of hydrogen-bond acceptors (Lipinski definition) is 3. The molecule has 2 heterocycles. The van der Waals surface area contributed by atoms with E-state index < -0.39 is 0 Å². The molecule has 4 heteroatoms. The second-order valence-corrected chi connectivity index (χ2v) is 6.58. The molecule has 126 valence electrons. The number of hydrogen-bond donors (Lipinski definition) is 0. The molecule has 0 aliphatic carbocycles. The number of anilines is 1. The highest BCUT2D eigenvalue weighted by Crippen LogP contribution is 2.21. The Balaban J connectivity index is 1.52. The van der Waals surface area contributed by atoms with Crippen molar-refractivity contribution in [1.82, 2.24) is 9.88 Å². The van der Waals surface area contributed by atoms with Crippen LogP contribution in [0.4, 0.5) is 5.82 Å². The summed E-state index contributed by atoms with van der Waals surface area (Å²) in [7, 11) is 0. The van der Waals surface area contributed by atoms with Crippen LogP contribution in [0.1, 0.15) is 30.4 Å². The zero-order valence-corrected chi connectivity index (χ0v) is 14.5. The highest BCUT2D eigenvalue weighted by Gasteiger charge is 2.23. The van der Waals surface area contributed by atoms with Crippen molar-refractivity contribution in [2.45, 2.75) is 26.2 Å². The predicted molar refractivity (Wildman–Crippen MR) is 97.2 cm³/mol. The van der Waals surface area contributed by atoms with Crippen LogP contribution in [0, 0.1) is 6.92 Å². The smallest absolute Gasteiger partial charge is 0.223 e. The number of pyridine rings is 1. The van der Waals surface area contributed by atoms with Crippen LogP contribution in [0.2, 0.25) is 0 Å². The Morgan fingerprint density at radius 1 is 1.08 bits per heavy atom. The fraction of sp³-hybridized carbons (Fsp3) is 0.400. The first-order chi connectivity index (χ1) is 11.6. The van der Waals surface area contributed by atoms with Crippen molar-refractivity contribution >= 4 is 11.7 Å². The van der Waals surface area contributed by atoms with E-state index in [1.54, 1.807) is 0 Å². The Labute approximate surface area is 144 Å². The van der Waals surface area contributed by atoms with E-state index in [1.165, 1.54) is 11.1 Å². The molecule has 1 atom stereocenters. The van der Waals surface area contributed by atoms with E-state index in [-0.39, 0.29) is 11.8 Å². The van der Waals surface area contributed by atoms with E-state index in [9.17, 15) is 4.79 Å². The molecule has 0 spiro atoms. The number of aromatic nitrogens is 1. The van der Waals surface area contributed by atoms with Gasteiger partial charge in [-0.25, -0.2) is 4.98 Å². The molecule has 1 unspecified atom stereocenters. The Morgan fingerprint density at radius 2 is 1.79 bits per heavy atom. The highest BCUT2D eigenvalue weighted by molar-refractivity contribution is 5.77. The predicted octanol–water partition coefficient (Wildman–Crippen LogP) is 3.23. The molecule has 24 heavy (non-hydrogen) atoms. The maximum Gasteiger partial charge on any atom is 0.223 e. The maximum absolute atomic E-state index is 12.6. The molecule has 0 radical (unpaired) electrons. The second-order valence-electron chi connectivity index (χ2n) is 6.58. The molecule has 0 saturated carbocycles. The molecule has 0 bridgehead atoms. The van der Waals surface area contributed by atoms with Crippen LogP contribution >= 0.6 is 0 Å². The van der Waals surface area contributed by atoms with Gasteiger partial charge in [0.05, 0.1) is 0 Å². The first kappa shape index (κ1) is 16.5. The van der Waals surface area contributed by atoms with Gasteiger partial charge in [-0.15, -0.1) is 0 Å². The molecule has 1 fully saturated rings. The van der Waals surface area contributed by atoms with Crippen molar-refractivity contribution in [2.75, 3.05) is 31.1 Å². The molecular formula is C20H25N3O. The number of aryl methyl sites for hydroxylation is 1. The molecular weight excluding hydrogens is 298 g/mol. The highest BCUT2D eigenvalue weighted by atomic mass is 16.2. The van der Waals surface area contributed by atoms with E-state index in [1.807, 2.05) is 36.2 Å². The van der Waals surface area contributed by atoms with Crippen molar-refractivity contribution in [3.8, 4) is 0 Å². The molecule has 2 aromatic rings. The fourth-order valence-electron chi connectivity index (χ4n) is 3.12. The number of rotatable bonds is 4. The summed E-state index contributed by atoms with van der Waals surface area (Å²) < 4.78 is 0. The monoisotopic (exact) mass is 323 g/mol. The summed E-state index contributed by atoms with van der Waals surface area (Å²) in [5.41, 5.74) is 2.40. The standard InChI is InChI=1S/C20H25N3O/c1-16-8-9-19(21-15-16)22-10-12-23(13-11-22)20(24)14-17(2)18-6-4-3-5-7-18/h3-9,15,17H,10-14H2,1-2H3. The summed E-state index contributed by atoms with van der Waals surface area (Å²) in [6.45, 7) is 7.41. The molecule has 1 aromatic carbocycles. The molecule has 1 aromatic heterocycles. The summed E-state index contributed by atoms with van der Waals surface area (Å²) in [6.07, 6.45) is 2.47. The zero-order chi connectivity index (χ0) is 16.9. The van der Waals surface area contributed by atoms with Gasteiger partial charge in [0.25, 0.3) is 0 Å². The third kappa shape index (κ3) is 3.94. The van der Waals surface area contributed by atoms with Crippen LogP contribution in [0.25, 0.3) is 0 Å². The number of carbonyl (C=O) groups excluding carboxylic acids is 1. The van der Waals surface area contributed by atoms with Gasteiger partial charge in [-0.2, -0.15) is 0 Å². The van der Waals surface area contributed by atoms with Crippen LogP contribution in [0.3, 0.4) is 0 Å². The van der Waals surface area contributed by atoms with Crippen LogP contribution in [0.5, 0.6) is 0 Å². The molecule has 1 saturated heterocycles. The minimum Gasteiger partial charge on any atom is -0.353 e. The second kappa shape index (κ2) is 7.47. The SMILES string of the molecule is Cc1ccc(N2CCN(C(=O)CC(C)c3ccccc3)CC2)nc1. The largest absolute Gasteiger partial charge is 0.353 e. The summed E-state index contributed by atoms with van der Waals surface area (Å²) in [6, 6.07) is 14.4. The number of piperazine rings is 1. The van der Waals surface area contributed by atoms with Crippen LogP contribution in [-0.4, -0.2) is 42.0 Å². The number of nitrogens with zero attached hydrogens (tertiary/aromatic N) is 3. The molecule has 1 amide bonds. The molecule has 1 aliphatic rings. The number of benzene rings is 1. The molecule has 3 rings (SSSR count). The molecule has 1 aliphatic heterocycles. The topological polar surface area (TPSA) is 36.4 Å². The van der Waals surface area contributed by atoms with E-state index in [2.05, 4.69) is 41.1 Å². The molecule has 4 nitrogen and oxygen atoms in total. The van der Waals surface area contributed by atoms with Gasteiger partial charge in [0.15, 0.2) is 0 Å². The average molecular weight is 323 g/mol. The van der Waals surface area contributed by atoms with E-state index in [0.717, 1.165) is 32.0 Å². The van der Waals surface area contributed by atoms with Gasteiger partial charge in [0, 0.05) is 38.8 Å². The summed E-state index contributed by atoms with van der Waals surface area (Å²) in [4.78, 5) is 21.3. The van der Waals surface area contributed by atoms with Crippen LogP contribution in [-0.2, 0) is 4.79 Å². The number of carbonyl (C=O) groups is 1. The van der Waals surface area contributed by atoms with E-state index >= 15 is 0 Å². The van der Waals surface area contributed by atoms with E-state index in [4.69, 9.17) is 0 Å². The van der Waals surface area contributed by atoms with Crippen molar-refractivity contribution in [3.63, 3.8) is 0 Å². The van der Waals surface area contributed by atoms with E-state index in [0.29, 0.717) is 6.42 Å². The van der Waals surface area contributed by atoms with Gasteiger partial charge in [0.1, 0.15) is 5.82 Å². The first-order valence-corrected chi connectivity index (χ1v) is 8.64. The number of amides is 1. The molecule has 0 N–H and O–H groups in total. The summed E-state index contributed by atoms with van der Waals surface area (Å²) in [5, 5.41) is 0. The lowest BCUT2D eigenvalue weighted by atomic mass is 9.97.